The van der Waals surface area contributed by atoms with E-state index in [1.807, 2.05) is 62.4 Å². The Morgan fingerprint density at radius 3 is 2.48 bits per heavy atom. The molecule has 2 aromatic carbocycles. The summed E-state index contributed by atoms with van der Waals surface area (Å²) in [5.74, 6) is 1.39. The van der Waals surface area contributed by atoms with Gasteiger partial charge in [0.15, 0.2) is 5.82 Å². The van der Waals surface area contributed by atoms with Crippen LogP contribution in [0.25, 0.3) is 0 Å². The minimum absolute atomic E-state index is 0.195. The number of rotatable bonds is 6. The topological polar surface area (TPSA) is 65.2 Å². The molecule has 0 saturated carbocycles. The molecule has 0 N–H and O–H groups in total. The predicted octanol–water partition coefficient (Wildman–Crippen LogP) is 3.82. The quantitative estimate of drug-likeness (QED) is 0.506. The van der Waals surface area contributed by atoms with Crippen LogP contribution in [0.2, 0.25) is 0 Å². The number of carbonyl (C=O) groups is 1. The van der Waals surface area contributed by atoms with Gasteiger partial charge in [-0.05, 0) is 30.5 Å². The lowest BCUT2D eigenvalue weighted by atomic mass is 10.1. The van der Waals surface area contributed by atoms with Gasteiger partial charge in [0.2, 0.25) is 5.89 Å². The fourth-order valence-electron chi connectivity index (χ4n) is 2.58. The number of ether oxygens (including phenoxy) is 1. The van der Waals surface area contributed by atoms with E-state index in [0.29, 0.717) is 30.3 Å². The van der Waals surface area contributed by atoms with Gasteiger partial charge in [0.1, 0.15) is 5.75 Å². The van der Waals surface area contributed by atoms with E-state index in [-0.39, 0.29) is 12.4 Å². The summed E-state index contributed by atoms with van der Waals surface area (Å²) in [7, 11) is 0. The first-order valence-electron chi connectivity index (χ1n) is 8.24. The molecule has 1 aromatic heterocycles. The Bertz CT molecular complexity index is 836. The molecule has 0 aliphatic rings. The summed E-state index contributed by atoms with van der Waals surface area (Å²) in [6.07, 6.45) is 1.17. The zero-order chi connectivity index (χ0) is 17.6. The maximum atomic E-state index is 12.1. The van der Waals surface area contributed by atoms with E-state index >= 15 is 0 Å². The van der Waals surface area contributed by atoms with Gasteiger partial charge in [-0.1, -0.05) is 53.7 Å². The van der Waals surface area contributed by atoms with Gasteiger partial charge in [0.05, 0.1) is 6.42 Å². The van der Waals surface area contributed by atoms with Crippen molar-refractivity contribution in [3.05, 3.63) is 76.9 Å². The molecule has 0 radical (unpaired) electrons. The molecule has 0 aliphatic carbocycles. The Kier molecular flexibility index (Phi) is 5.23. The van der Waals surface area contributed by atoms with Crippen molar-refractivity contribution < 1.29 is 14.1 Å². The highest BCUT2D eigenvalue weighted by atomic mass is 16.5. The first-order valence-corrected chi connectivity index (χ1v) is 8.24. The number of carbonyl (C=O) groups excluding carboxylic acids is 1. The number of aromatic nitrogens is 2. The minimum atomic E-state index is -0.305. The fourth-order valence-corrected chi connectivity index (χ4v) is 2.58. The highest BCUT2D eigenvalue weighted by molar-refractivity contribution is 5.73. The number of para-hydroxylation sites is 1. The van der Waals surface area contributed by atoms with E-state index in [9.17, 15) is 4.79 Å². The fraction of sp³-hybridized carbons (Fsp3) is 0.250. The van der Waals surface area contributed by atoms with E-state index in [1.54, 1.807) is 0 Å². The molecular weight excluding hydrogens is 316 g/mol. The van der Waals surface area contributed by atoms with Crippen LogP contribution in [0.15, 0.2) is 53.1 Å². The molecule has 0 bridgehead atoms. The Morgan fingerprint density at radius 2 is 1.76 bits per heavy atom. The van der Waals surface area contributed by atoms with Crippen molar-refractivity contribution in [3.8, 4) is 5.75 Å². The van der Waals surface area contributed by atoms with Gasteiger partial charge in [0, 0.05) is 12.8 Å². The Labute approximate surface area is 146 Å². The van der Waals surface area contributed by atoms with Crippen LogP contribution >= 0.6 is 0 Å². The van der Waals surface area contributed by atoms with Crippen LogP contribution in [-0.2, 0) is 17.6 Å². The molecule has 0 spiro atoms. The molecule has 5 nitrogen and oxygen atoms in total. The summed E-state index contributed by atoms with van der Waals surface area (Å²) >= 11 is 0. The molecular formula is C20H20N2O3. The summed E-state index contributed by atoms with van der Waals surface area (Å²) in [5.41, 5.74) is 3.00. The SMILES string of the molecule is Cc1cccc(C)c1OC(=O)CCc1nc(Cc2ccccc2)no1. The normalized spacial score (nSPS) is 10.6. The minimum Gasteiger partial charge on any atom is -0.426 e. The molecule has 1 heterocycles. The molecule has 25 heavy (non-hydrogen) atoms. The number of aryl methyl sites for hydroxylation is 3. The summed E-state index contributed by atoms with van der Waals surface area (Å²) in [5, 5.41) is 3.96. The highest BCUT2D eigenvalue weighted by Gasteiger charge is 2.13. The second-order valence-electron chi connectivity index (χ2n) is 5.96. The number of benzene rings is 2. The smallest absolute Gasteiger partial charge is 0.311 e. The maximum absolute atomic E-state index is 12.1. The molecule has 128 valence electrons. The van der Waals surface area contributed by atoms with Gasteiger partial charge < -0.3 is 9.26 Å². The standard InChI is InChI=1S/C20H20N2O3/c1-14-7-6-8-15(2)20(14)24-19(23)12-11-18-21-17(22-25-18)13-16-9-4-3-5-10-16/h3-10H,11-13H2,1-2H3. The maximum Gasteiger partial charge on any atom is 0.311 e. The molecule has 0 fully saturated rings. The summed E-state index contributed by atoms with van der Waals surface area (Å²) in [6.45, 7) is 3.84. The van der Waals surface area contributed by atoms with Gasteiger partial charge in [0.25, 0.3) is 0 Å². The Hall–Kier alpha value is -2.95. The molecule has 5 heteroatoms. The molecule has 0 unspecified atom stereocenters. The van der Waals surface area contributed by atoms with Gasteiger partial charge >= 0.3 is 5.97 Å². The Balaban J connectivity index is 1.54. The highest BCUT2D eigenvalue weighted by Crippen LogP contribution is 2.22. The summed E-state index contributed by atoms with van der Waals surface area (Å²) in [6, 6.07) is 15.7. The van der Waals surface area contributed by atoms with Crippen LogP contribution in [0.1, 0.15) is 34.8 Å². The van der Waals surface area contributed by atoms with E-state index in [1.165, 1.54) is 0 Å². The van der Waals surface area contributed by atoms with Crippen molar-refractivity contribution in [1.82, 2.24) is 10.1 Å². The van der Waals surface area contributed by atoms with E-state index in [2.05, 4.69) is 10.1 Å². The lowest BCUT2D eigenvalue weighted by Crippen LogP contribution is -2.11. The molecule has 0 saturated heterocycles. The molecule has 3 aromatic rings. The largest absolute Gasteiger partial charge is 0.426 e. The third-order valence-electron chi connectivity index (χ3n) is 3.88. The van der Waals surface area contributed by atoms with Crippen molar-refractivity contribution in [2.45, 2.75) is 33.1 Å². The van der Waals surface area contributed by atoms with Crippen LogP contribution in [0.4, 0.5) is 0 Å². The van der Waals surface area contributed by atoms with Crippen molar-refractivity contribution in [2.75, 3.05) is 0 Å². The monoisotopic (exact) mass is 336 g/mol. The molecule has 0 amide bonds. The molecule has 0 atom stereocenters. The summed E-state index contributed by atoms with van der Waals surface area (Å²) < 4.78 is 10.7. The van der Waals surface area contributed by atoms with Crippen molar-refractivity contribution in [2.24, 2.45) is 0 Å². The first-order chi connectivity index (χ1) is 12.1. The van der Waals surface area contributed by atoms with Crippen LogP contribution in [0, 0.1) is 13.8 Å². The van der Waals surface area contributed by atoms with Crippen LogP contribution < -0.4 is 4.74 Å². The zero-order valence-corrected chi connectivity index (χ0v) is 14.4. The average molecular weight is 336 g/mol. The second kappa shape index (κ2) is 7.75. The van der Waals surface area contributed by atoms with Gasteiger partial charge in [-0.3, -0.25) is 4.79 Å². The Morgan fingerprint density at radius 1 is 1.04 bits per heavy atom. The van der Waals surface area contributed by atoms with Crippen molar-refractivity contribution >= 4 is 5.97 Å². The first kappa shape index (κ1) is 16.9. The summed E-state index contributed by atoms with van der Waals surface area (Å²) in [4.78, 5) is 16.4. The van der Waals surface area contributed by atoms with Crippen molar-refractivity contribution in [1.29, 1.82) is 0 Å². The van der Waals surface area contributed by atoms with Gasteiger partial charge in [-0.15, -0.1) is 0 Å². The van der Waals surface area contributed by atoms with Gasteiger partial charge in [-0.25, -0.2) is 0 Å². The third kappa shape index (κ3) is 4.53. The van der Waals surface area contributed by atoms with E-state index in [0.717, 1.165) is 16.7 Å². The van der Waals surface area contributed by atoms with E-state index < -0.39 is 0 Å². The lowest BCUT2D eigenvalue weighted by molar-refractivity contribution is -0.134. The third-order valence-corrected chi connectivity index (χ3v) is 3.88. The molecule has 0 aliphatic heterocycles. The predicted molar refractivity (Wildman–Crippen MR) is 93.4 cm³/mol. The average Bonchev–Trinajstić information content (AvgIpc) is 3.05. The zero-order valence-electron chi connectivity index (χ0n) is 14.4. The second-order valence-corrected chi connectivity index (χ2v) is 5.96. The number of hydrogen-bond donors (Lipinski definition) is 0. The number of hydrogen-bond acceptors (Lipinski definition) is 5. The van der Waals surface area contributed by atoms with E-state index in [4.69, 9.17) is 9.26 Å². The lowest BCUT2D eigenvalue weighted by Gasteiger charge is -2.09. The van der Waals surface area contributed by atoms with Crippen LogP contribution in [-0.4, -0.2) is 16.1 Å². The van der Waals surface area contributed by atoms with Gasteiger partial charge in [-0.2, -0.15) is 4.98 Å². The van der Waals surface area contributed by atoms with Crippen LogP contribution in [0.5, 0.6) is 5.75 Å². The van der Waals surface area contributed by atoms with Crippen LogP contribution in [0.3, 0.4) is 0 Å². The number of esters is 1. The van der Waals surface area contributed by atoms with Crippen molar-refractivity contribution in [3.63, 3.8) is 0 Å². The molecule has 3 rings (SSSR count). The number of nitrogens with zero attached hydrogens (tertiary/aromatic N) is 2.